The minimum atomic E-state index is -3.99. The van der Waals surface area contributed by atoms with E-state index in [2.05, 4.69) is 10.5 Å². The molecule has 3 rings (SSSR count). The number of hydrogen-bond acceptors (Lipinski definition) is 5. The van der Waals surface area contributed by atoms with Crippen molar-refractivity contribution in [3.63, 3.8) is 0 Å². The van der Waals surface area contributed by atoms with E-state index in [4.69, 9.17) is 4.74 Å². The summed E-state index contributed by atoms with van der Waals surface area (Å²) in [5, 5.41) is 4.43. The molecule has 1 aliphatic rings. The molecule has 0 heterocycles. The van der Waals surface area contributed by atoms with Gasteiger partial charge in [-0.25, -0.2) is 13.8 Å². The second-order valence-corrected chi connectivity index (χ2v) is 11.3. The predicted molar refractivity (Wildman–Crippen MR) is 145 cm³/mol. The lowest BCUT2D eigenvalue weighted by atomic mass is 10.00. The maximum atomic E-state index is 13.5. The van der Waals surface area contributed by atoms with E-state index in [1.54, 1.807) is 24.3 Å². The number of hydrazone groups is 1. The molecule has 0 atom stereocenters. The Kier molecular flexibility index (Phi) is 10.8. The molecule has 7 nitrogen and oxygen atoms in total. The van der Waals surface area contributed by atoms with Crippen molar-refractivity contribution < 1.29 is 17.9 Å². The number of nitrogens with zero attached hydrogens (tertiary/aromatic N) is 2. The number of carbonyl (C=O) groups excluding carboxylic acids is 1. The second kappa shape index (κ2) is 14.0. The summed E-state index contributed by atoms with van der Waals surface area (Å²) in [5.74, 6) is 0.0905. The maximum Gasteiger partial charge on any atom is 0.264 e. The van der Waals surface area contributed by atoms with Crippen LogP contribution in [0.4, 0.5) is 5.69 Å². The van der Waals surface area contributed by atoms with Gasteiger partial charge in [-0.3, -0.25) is 9.10 Å². The highest BCUT2D eigenvalue weighted by Crippen LogP contribution is 2.25. The van der Waals surface area contributed by atoms with Crippen LogP contribution in [0.3, 0.4) is 0 Å². The highest BCUT2D eigenvalue weighted by atomic mass is 32.2. The fraction of sp³-hybridized carbons (Fsp3) is 0.500. The second-order valence-electron chi connectivity index (χ2n) is 9.42. The van der Waals surface area contributed by atoms with Gasteiger partial charge in [0.05, 0.1) is 17.7 Å². The molecule has 196 valence electrons. The molecule has 0 unspecified atom stereocenters. The summed E-state index contributed by atoms with van der Waals surface area (Å²) in [7, 11) is -2.46. The third-order valence-corrected chi connectivity index (χ3v) is 8.31. The van der Waals surface area contributed by atoms with Crippen molar-refractivity contribution in [1.29, 1.82) is 0 Å². The molecular weight excluding hydrogens is 474 g/mol. The van der Waals surface area contributed by atoms with Crippen molar-refractivity contribution in [2.45, 2.75) is 82.4 Å². The molecule has 36 heavy (non-hydrogen) atoms. The Morgan fingerprint density at radius 1 is 0.861 bits per heavy atom. The standard InChI is InChI=1S/C28H39N3O4S/c1-23-14-16-25(17-15-23)31(36(33,34)27-20-18-26(35-2)19-21-27)22-28(32)30-29-24-12-10-8-6-4-3-5-7-9-11-13-24/h14-21H,3-13,22H2,1-2H3,(H,30,32). The van der Waals surface area contributed by atoms with Crippen molar-refractivity contribution in [2.24, 2.45) is 5.10 Å². The maximum absolute atomic E-state index is 13.5. The number of aryl methyl sites for hydroxylation is 1. The predicted octanol–water partition coefficient (Wildman–Crippen LogP) is 5.98. The van der Waals surface area contributed by atoms with Gasteiger partial charge in [-0.05, 0) is 69.0 Å². The monoisotopic (exact) mass is 513 g/mol. The van der Waals surface area contributed by atoms with Gasteiger partial charge >= 0.3 is 0 Å². The van der Waals surface area contributed by atoms with Gasteiger partial charge in [0.2, 0.25) is 0 Å². The third-order valence-electron chi connectivity index (χ3n) is 6.53. The van der Waals surface area contributed by atoms with Gasteiger partial charge in [0.1, 0.15) is 12.3 Å². The van der Waals surface area contributed by atoms with Crippen LogP contribution >= 0.6 is 0 Å². The molecular formula is C28H39N3O4S. The topological polar surface area (TPSA) is 88.1 Å². The number of anilines is 1. The first kappa shape index (κ1) is 27.7. The van der Waals surface area contributed by atoms with Crippen LogP contribution in [0.1, 0.15) is 76.2 Å². The molecule has 0 saturated heterocycles. The van der Waals surface area contributed by atoms with E-state index in [1.807, 2.05) is 19.1 Å². The van der Waals surface area contributed by atoms with Crippen molar-refractivity contribution >= 4 is 27.3 Å². The van der Waals surface area contributed by atoms with E-state index in [0.29, 0.717) is 11.4 Å². The van der Waals surface area contributed by atoms with Crippen LogP contribution < -0.4 is 14.5 Å². The Morgan fingerprint density at radius 2 is 1.39 bits per heavy atom. The molecule has 1 saturated carbocycles. The largest absolute Gasteiger partial charge is 0.497 e. The number of hydrogen-bond donors (Lipinski definition) is 1. The van der Waals surface area contributed by atoms with E-state index < -0.39 is 15.9 Å². The molecule has 0 radical (unpaired) electrons. The molecule has 8 heteroatoms. The van der Waals surface area contributed by atoms with Gasteiger partial charge in [-0.2, -0.15) is 5.10 Å². The number of carbonyl (C=O) groups is 1. The van der Waals surface area contributed by atoms with E-state index in [1.165, 1.54) is 64.2 Å². The molecule has 1 N–H and O–H groups in total. The van der Waals surface area contributed by atoms with E-state index in [9.17, 15) is 13.2 Å². The smallest absolute Gasteiger partial charge is 0.264 e. The Bertz CT molecular complexity index is 1080. The van der Waals surface area contributed by atoms with E-state index in [0.717, 1.165) is 41.3 Å². The van der Waals surface area contributed by atoms with Crippen molar-refractivity contribution in [1.82, 2.24) is 5.43 Å². The lowest BCUT2D eigenvalue weighted by Crippen LogP contribution is -2.39. The Morgan fingerprint density at radius 3 is 1.92 bits per heavy atom. The van der Waals surface area contributed by atoms with Crippen LogP contribution in [0.2, 0.25) is 0 Å². The number of benzene rings is 2. The first-order chi connectivity index (χ1) is 17.4. The van der Waals surface area contributed by atoms with E-state index in [-0.39, 0.29) is 11.4 Å². The van der Waals surface area contributed by atoms with Crippen molar-refractivity contribution in [3.05, 3.63) is 54.1 Å². The van der Waals surface area contributed by atoms with Crippen LogP contribution in [0.5, 0.6) is 5.75 Å². The van der Waals surface area contributed by atoms with Crippen LogP contribution in [0.15, 0.2) is 58.5 Å². The normalized spacial score (nSPS) is 15.8. The minimum absolute atomic E-state index is 0.0855. The molecule has 1 aliphatic carbocycles. The zero-order chi connectivity index (χ0) is 25.8. The molecule has 0 aromatic heterocycles. The molecule has 0 spiro atoms. The van der Waals surface area contributed by atoms with Crippen LogP contribution in [0.25, 0.3) is 0 Å². The number of ether oxygens (including phenoxy) is 1. The number of amides is 1. The van der Waals surface area contributed by atoms with Crippen molar-refractivity contribution in [2.75, 3.05) is 18.0 Å². The molecule has 1 amide bonds. The first-order valence-electron chi connectivity index (χ1n) is 13.0. The Balaban J connectivity index is 1.76. The minimum Gasteiger partial charge on any atom is -0.497 e. The van der Waals surface area contributed by atoms with Gasteiger partial charge in [0, 0.05) is 5.71 Å². The van der Waals surface area contributed by atoms with Gasteiger partial charge in [0.15, 0.2) is 0 Å². The van der Waals surface area contributed by atoms with E-state index >= 15 is 0 Å². The van der Waals surface area contributed by atoms with Gasteiger partial charge < -0.3 is 4.74 Å². The zero-order valence-electron chi connectivity index (χ0n) is 21.5. The average molecular weight is 514 g/mol. The molecule has 1 fully saturated rings. The number of rotatable bonds is 7. The quantitative estimate of drug-likeness (QED) is 0.462. The van der Waals surface area contributed by atoms with Gasteiger partial charge in [-0.15, -0.1) is 0 Å². The molecule has 2 aromatic carbocycles. The molecule has 0 bridgehead atoms. The highest BCUT2D eigenvalue weighted by molar-refractivity contribution is 7.92. The highest BCUT2D eigenvalue weighted by Gasteiger charge is 2.27. The van der Waals surface area contributed by atoms with Crippen LogP contribution in [-0.4, -0.2) is 33.7 Å². The lowest BCUT2D eigenvalue weighted by molar-refractivity contribution is -0.119. The number of sulfonamides is 1. The summed E-state index contributed by atoms with van der Waals surface area (Å²) in [5.41, 5.74) is 5.05. The third kappa shape index (κ3) is 8.36. The number of nitrogens with one attached hydrogen (secondary N) is 1. The van der Waals surface area contributed by atoms with Crippen molar-refractivity contribution in [3.8, 4) is 5.75 Å². The zero-order valence-corrected chi connectivity index (χ0v) is 22.4. The first-order valence-corrected chi connectivity index (χ1v) is 14.4. The summed E-state index contributed by atoms with van der Waals surface area (Å²) >= 11 is 0. The lowest BCUT2D eigenvalue weighted by Gasteiger charge is -2.24. The van der Waals surface area contributed by atoms with Gasteiger partial charge in [0.25, 0.3) is 15.9 Å². The van der Waals surface area contributed by atoms with Crippen LogP contribution in [0, 0.1) is 6.92 Å². The summed E-state index contributed by atoms with van der Waals surface area (Å²) in [4.78, 5) is 13.0. The van der Waals surface area contributed by atoms with Gasteiger partial charge in [-0.1, -0.05) is 62.6 Å². The summed E-state index contributed by atoms with van der Waals surface area (Å²) in [6.07, 6.45) is 12.6. The van der Waals surface area contributed by atoms with Crippen LogP contribution in [-0.2, 0) is 14.8 Å². The fourth-order valence-electron chi connectivity index (χ4n) is 4.34. The summed E-state index contributed by atoms with van der Waals surface area (Å²) in [6.45, 7) is 1.56. The Labute approximate surface area is 216 Å². The SMILES string of the molecule is COc1ccc(S(=O)(=O)N(CC(=O)NN=C2CCCCCCCCCCC2)c2ccc(C)cc2)cc1. The molecule has 2 aromatic rings. The summed E-state index contributed by atoms with van der Waals surface area (Å²) in [6, 6.07) is 13.2. The number of methoxy groups -OCH3 is 1. The Hall–Kier alpha value is -2.87. The average Bonchev–Trinajstić information content (AvgIpc) is 2.87. The molecule has 0 aliphatic heterocycles. The summed E-state index contributed by atoms with van der Waals surface area (Å²) < 4.78 is 33.4. The fourth-order valence-corrected chi connectivity index (χ4v) is 5.76.